The summed E-state index contributed by atoms with van der Waals surface area (Å²) in [7, 11) is 1.58. The van der Waals surface area contributed by atoms with Crippen molar-refractivity contribution in [2.75, 3.05) is 25.6 Å². The van der Waals surface area contributed by atoms with Gasteiger partial charge in [0.25, 0.3) is 11.8 Å². The van der Waals surface area contributed by atoms with Crippen LogP contribution >= 0.6 is 11.8 Å². The number of halogens is 1. The summed E-state index contributed by atoms with van der Waals surface area (Å²) >= 11 is 1.16. The van der Waals surface area contributed by atoms with Gasteiger partial charge in [0.05, 0.1) is 37.6 Å². The second-order valence-corrected chi connectivity index (χ2v) is 11.7. The highest BCUT2D eigenvalue weighted by molar-refractivity contribution is 8.18. The highest BCUT2D eigenvalue weighted by Gasteiger charge is 2.34. The molecule has 1 aliphatic heterocycles. The van der Waals surface area contributed by atoms with Crippen molar-refractivity contribution in [1.29, 1.82) is 0 Å². The van der Waals surface area contributed by atoms with Crippen LogP contribution in [0.1, 0.15) is 30.7 Å². The molecule has 5 rings (SSSR count). The van der Waals surface area contributed by atoms with Crippen molar-refractivity contribution in [3.63, 3.8) is 0 Å². The monoisotopic (exact) mass is 656 g/mol. The highest BCUT2D eigenvalue weighted by Crippen LogP contribution is 2.35. The molecule has 0 spiro atoms. The SMILES string of the molecule is COc1cc(/C=N/N=C2\S/C(=C\c3ccccc3OCC(=O)Nc3ccc(F)cc3)C(=O)N2Cc2ccco2)ccc1OCC(C)C. The number of rotatable bonds is 13. The molecule has 1 aliphatic rings. The average molecular weight is 657 g/mol. The van der Waals surface area contributed by atoms with E-state index in [1.165, 1.54) is 35.4 Å². The number of nitrogens with zero attached hydrogens (tertiary/aromatic N) is 3. The first-order valence-corrected chi connectivity index (χ1v) is 15.5. The molecule has 2 heterocycles. The summed E-state index contributed by atoms with van der Waals surface area (Å²) in [5.74, 6) is 1.45. The maximum atomic E-state index is 13.6. The Kier molecular flexibility index (Phi) is 11.1. The van der Waals surface area contributed by atoms with Crippen molar-refractivity contribution < 1.29 is 32.6 Å². The van der Waals surface area contributed by atoms with Gasteiger partial charge in [-0.25, -0.2) is 4.39 Å². The van der Waals surface area contributed by atoms with Gasteiger partial charge in [-0.15, -0.1) is 5.10 Å². The van der Waals surface area contributed by atoms with Crippen molar-refractivity contribution in [3.05, 3.63) is 113 Å². The van der Waals surface area contributed by atoms with Gasteiger partial charge in [0.15, 0.2) is 23.3 Å². The van der Waals surface area contributed by atoms with E-state index in [-0.39, 0.29) is 19.1 Å². The predicted molar refractivity (Wildman–Crippen MR) is 180 cm³/mol. The van der Waals surface area contributed by atoms with Crippen molar-refractivity contribution >= 4 is 46.7 Å². The summed E-state index contributed by atoms with van der Waals surface area (Å²) in [5, 5.41) is 11.7. The molecule has 1 saturated heterocycles. The zero-order chi connectivity index (χ0) is 33.2. The van der Waals surface area contributed by atoms with Gasteiger partial charge in [-0.05, 0) is 90.0 Å². The number of methoxy groups -OCH3 is 1. The molecule has 47 heavy (non-hydrogen) atoms. The van der Waals surface area contributed by atoms with Crippen LogP contribution in [0.4, 0.5) is 10.1 Å². The van der Waals surface area contributed by atoms with Gasteiger partial charge in [-0.1, -0.05) is 32.0 Å². The number of carbonyl (C=O) groups is 2. The maximum Gasteiger partial charge on any atom is 0.267 e. The van der Waals surface area contributed by atoms with Crippen LogP contribution < -0.4 is 19.5 Å². The van der Waals surface area contributed by atoms with E-state index in [0.29, 0.717) is 56.9 Å². The molecule has 0 aliphatic carbocycles. The zero-order valence-electron chi connectivity index (χ0n) is 26.0. The number of anilines is 1. The number of hydrogen-bond donors (Lipinski definition) is 1. The largest absolute Gasteiger partial charge is 0.493 e. The molecule has 1 aromatic heterocycles. The maximum absolute atomic E-state index is 13.6. The van der Waals surface area contributed by atoms with Crippen LogP contribution in [0.25, 0.3) is 6.08 Å². The lowest BCUT2D eigenvalue weighted by molar-refractivity contribution is -0.122. The van der Waals surface area contributed by atoms with E-state index in [0.717, 1.165) is 17.3 Å². The number of carbonyl (C=O) groups excluding carboxylic acids is 2. The Hall–Kier alpha value is -5.36. The first-order valence-electron chi connectivity index (χ1n) is 14.7. The van der Waals surface area contributed by atoms with Gasteiger partial charge in [0.1, 0.15) is 17.3 Å². The second kappa shape index (κ2) is 15.8. The quantitative estimate of drug-likeness (QED) is 0.0938. The lowest BCUT2D eigenvalue weighted by Crippen LogP contribution is -2.28. The first kappa shape index (κ1) is 33.0. The molecule has 0 radical (unpaired) electrons. The number of nitrogens with one attached hydrogen (secondary N) is 1. The molecular weight excluding hydrogens is 623 g/mol. The zero-order valence-corrected chi connectivity index (χ0v) is 26.8. The second-order valence-electron chi connectivity index (χ2n) is 10.7. The number of amidine groups is 1. The third-order valence-electron chi connectivity index (χ3n) is 6.58. The summed E-state index contributed by atoms with van der Waals surface area (Å²) in [6.07, 6.45) is 4.79. The van der Waals surface area contributed by atoms with Crippen LogP contribution in [-0.4, -0.2) is 48.4 Å². The number of para-hydroxylation sites is 1. The first-order chi connectivity index (χ1) is 22.8. The molecule has 1 N–H and O–H groups in total. The van der Waals surface area contributed by atoms with E-state index < -0.39 is 11.7 Å². The van der Waals surface area contributed by atoms with E-state index in [1.54, 1.807) is 61.9 Å². The fraction of sp³-hybridized carbons (Fsp3) is 0.200. The molecule has 0 saturated carbocycles. The Balaban J connectivity index is 1.33. The Morgan fingerprint density at radius 1 is 1.02 bits per heavy atom. The normalized spacial score (nSPS) is 14.8. The molecule has 2 amide bonds. The molecule has 0 bridgehead atoms. The average Bonchev–Trinajstić information content (AvgIpc) is 3.69. The van der Waals surface area contributed by atoms with Crippen molar-refractivity contribution in [3.8, 4) is 17.2 Å². The third-order valence-corrected chi connectivity index (χ3v) is 7.58. The summed E-state index contributed by atoms with van der Waals surface area (Å²) in [6.45, 7) is 4.57. The molecule has 0 unspecified atom stereocenters. The lowest BCUT2D eigenvalue weighted by atomic mass is 10.2. The van der Waals surface area contributed by atoms with Gasteiger partial charge in [-0.2, -0.15) is 5.10 Å². The van der Waals surface area contributed by atoms with E-state index in [4.69, 9.17) is 18.6 Å². The number of furan rings is 1. The van der Waals surface area contributed by atoms with Gasteiger partial charge in [-0.3, -0.25) is 14.5 Å². The van der Waals surface area contributed by atoms with Crippen LogP contribution in [0.3, 0.4) is 0 Å². The Labute approximate surface area is 275 Å². The fourth-order valence-electron chi connectivity index (χ4n) is 4.31. The molecule has 4 aromatic rings. The minimum Gasteiger partial charge on any atom is -0.493 e. The lowest BCUT2D eigenvalue weighted by Gasteiger charge is -2.13. The summed E-state index contributed by atoms with van der Waals surface area (Å²) in [6, 6.07) is 21.5. The summed E-state index contributed by atoms with van der Waals surface area (Å²) < 4.78 is 35.8. The highest BCUT2D eigenvalue weighted by atomic mass is 32.2. The smallest absolute Gasteiger partial charge is 0.267 e. The number of amides is 2. The minimum absolute atomic E-state index is 0.155. The summed E-state index contributed by atoms with van der Waals surface area (Å²) in [4.78, 5) is 27.9. The fourth-order valence-corrected chi connectivity index (χ4v) is 5.24. The minimum atomic E-state index is -0.419. The predicted octanol–water partition coefficient (Wildman–Crippen LogP) is 6.99. The van der Waals surface area contributed by atoms with Crippen LogP contribution in [0.15, 0.2) is 105 Å². The number of hydrogen-bond acceptors (Lipinski definition) is 9. The standard InChI is InChI=1S/C35H33FN4O6S/c1-23(2)21-45-30-15-10-24(17-31(30)43-3)19-37-39-35-40(20-28-8-6-16-44-28)34(42)32(47-35)18-25-7-4-5-9-29(25)46-22-33(41)38-27-13-11-26(36)12-14-27/h4-19,23H,20-22H2,1-3H3,(H,38,41)/b32-18-,37-19+,39-35-. The molecule has 1 fully saturated rings. The van der Waals surface area contributed by atoms with Crippen molar-refractivity contribution in [1.82, 2.24) is 4.90 Å². The van der Waals surface area contributed by atoms with Gasteiger partial charge < -0.3 is 23.9 Å². The van der Waals surface area contributed by atoms with Crippen molar-refractivity contribution in [2.45, 2.75) is 20.4 Å². The van der Waals surface area contributed by atoms with Crippen LogP contribution in [-0.2, 0) is 16.1 Å². The molecule has 0 atom stereocenters. The summed E-state index contributed by atoms with van der Waals surface area (Å²) in [5.41, 5.74) is 1.77. The molecule has 10 nitrogen and oxygen atoms in total. The van der Waals surface area contributed by atoms with Gasteiger partial charge >= 0.3 is 0 Å². The van der Waals surface area contributed by atoms with Crippen LogP contribution in [0.2, 0.25) is 0 Å². The number of thioether (sulfide) groups is 1. The van der Waals surface area contributed by atoms with E-state index >= 15 is 0 Å². The van der Waals surface area contributed by atoms with Crippen molar-refractivity contribution in [2.24, 2.45) is 16.1 Å². The Morgan fingerprint density at radius 3 is 2.57 bits per heavy atom. The molecule has 12 heteroatoms. The van der Waals surface area contributed by atoms with E-state index in [1.807, 2.05) is 12.1 Å². The van der Waals surface area contributed by atoms with Crippen LogP contribution in [0.5, 0.6) is 17.2 Å². The number of ether oxygens (including phenoxy) is 3. The Bertz CT molecular complexity index is 1790. The van der Waals surface area contributed by atoms with Gasteiger partial charge in [0, 0.05) is 11.3 Å². The number of benzene rings is 3. The van der Waals surface area contributed by atoms with E-state index in [9.17, 15) is 14.0 Å². The van der Waals surface area contributed by atoms with E-state index in [2.05, 4.69) is 29.4 Å². The molecular formula is C35H33FN4O6S. The molecule has 242 valence electrons. The molecule has 3 aromatic carbocycles. The Morgan fingerprint density at radius 2 is 1.83 bits per heavy atom. The van der Waals surface area contributed by atoms with Crippen LogP contribution in [0, 0.1) is 11.7 Å². The topological polar surface area (TPSA) is 115 Å². The van der Waals surface area contributed by atoms with Gasteiger partial charge in [0.2, 0.25) is 0 Å². The third kappa shape index (κ3) is 9.10.